The van der Waals surface area contributed by atoms with E-state index in [0.29, 0.717) is 6.41 Å². The van der Waals surface area contributed by atoms with Gasteiger partial charge in [-0.3, -0.25) is 19.3 Å². The van der Waals surface area contributed by atoms with Crippen molar-refractivity contribution in [2.75, 3.05) is 19.0 Å². The van der Waals surface area contributed by atoms with Crippen molar-refractivity contribution in [1.82, 2.24) is 15.5 Å². The van der Waals surface area contributed by atoms with Crippen LogP contribution in [0.3, 0.4) is 0 Å². The van der Waals surface area contributed by atoms with Crippen LogP contribution in [0.4, 0.5) is 0 Å². The predicted octanol–water partition coefficient (Wildman–Crippen LogP) is 6.18. The quantitative estimate of drug-likeness (QED) is 0.171. The summed E-state index contributed by atoms with van der Waals surface area (Å²) in [5, 5.41) is 15.0. The number of nitrogens with zero attached hydrogens (tertiary/aromatic N) is 1. The molecular formula is C33H55N3O4S. The van der Waals surface area contributed by atoms with Gasteiger partial charge in [0.25, 0.3) is 0 Å². The third kappa shape index (κ3) is 16.5. The van der Waals surface area contributed by atoms with Crippen molar-refractivity contribution in [2.45, 2.75) is 104 Å². The molecule has 0 unspecified atom stereocenters. The van der Waals surface area contributed by atoms with E-state index in [1.165, 1.54) is 44.2 Å². The summed E-state index contributed by atoms with van der Waals surface area (Å²) in [5.41, 5.74) is 0.0511. The minimum atomic E-state index is -1.06. The molecule has 2 fully saturated rings. The molecule has 1 saturated heterocycles. The van der Waals surface area contributed by atoms with Gasteiger partial charge in [0.15, 0.2) is 0 Å². The largest absolute Gasteiger partial charge is 0.481 e. The number of rotatable bonds is 10. The Hall–Kier alpha value is -2.50. The lowest BCUT2D eigenvalue weighted by atomic mass is 9.75. The van der Waals surface area contributed by atoms with E-state index < -0.39 is 11.4 Å². The van der Waals surface area contributed by atoms with E-state index in [9.17, 15) is 19.5 Å². The molecule has 3 rings (SSSR count). The molecule has 0 radical (unpaired) electrons. The molecule has 1 aliphatic heterocycles. The highest BCUT2D eigenvalue weighted by Gasteiger charge is 2.33. The maximum Gasteiger partial charge on any atom is 0.309 e. The first-order valence-corrected chi connectivity index (χ1v) is 15.9. The number of carboxylic acids is 1. The molecule has 1 aliphatic carbocycles. The molecule has 3 N–H and O–H groups in total. The first-order valence-electron chi connectivity index (χ1n) is 14.8. The van der Waals surface area contributed by atoms with Gasteiger partial charge in [0.05, 0.1) is 10.8 Å². The summed E-state index contributed by atoms with van der Waals surface area (Å²) in [6.07, 6.45) is 16.3. The summed E-state index contributed by atoms with van der Waals surface area (Å²) in [6, 6.07) is 10.2. The average molecular weight is 590 g/mol. The van der Waals surface area contributed by atoms with Gasteiger partial charge >= 0.3 is 5.97 Å². The average Bonchev–Trinajstić information content (AvgIpc) is 2.93. The normalized spacial score (nSPS) is 19.1. The first-order chi connectivity index (χ1) is 19.4. The van der Waals surface area contributed by atoms with Gasteiger partial charge in [0, 0.05) is 30.8 Å². The fourth-order valence-electron chi connectivity index (χ4n) is 4.85. The number of terminal acetylenes is 1. The van der Waals surface area contributed by atoms with Crippen molar-refractivity contribution >= 4 is 30.0 Å². The van der Waals surface area contributed by atoms with Crippen LogP contribution in [0.25, 0.3) is 0 Å². The molecule has 1 saturated carbocycles. The number of nitrogens with one attached hydrogen (secondary N) is 2. The lowest BCUT2D eigenvalue weighted by Gasteiger charge is -2.41. The minimum Gasteiger partial charge on any atom is -0.481 e. The van der Waals surface area contributed by atoms with Gasteiger partial charge in [-0.25, -0.2) is 0 Å². The minimum absolute atomic E-state index is 0.0123. The van der Waals surface area contributed by atoms with Gasteiger partial charge in [0.1, 0.15) is 0 Å². The maximum atomic E-state index is 12.6. The summed E-state index contributed by atoms with van der Waals surface area (Å²) < 4.78 is 0. The zero-order valence-electron chi connectivity index (χ0n) is 26.4. The van der Waals surface area contributed by atoms with Crippen molar-refractivity contribution in [3.05, 3.63) is 35.9 Å². The van der Waals surface area contributed by atoms with E-state index in [1.807, 2.05) is 52.8 Å². The third-order valence-electron chi connectivity index (χ3n) is 7.09. The van der Waals surface area contributed by atoms with Gasteiger partial charge in [-0.15, -0.1) is 24.6 Å². The lowest BCUT2D eigenvalue weighted by Crippen LogP contribution is -2.43. The van der Waals surface area contributed by atoms with Crippen LogP contribution in [0, 0.1) is 30.1 Å². The van der Waals surface area contributed by atoms with E-state index in [4.69, 9.17) is 0 Å². The Bertz CT molecular complexity index is 899. The van der Waals surface area contributed by atoms with Gasteiger partial charge < -0.3 is 15.7 Å². The highest BCUT2D eigenvalue weighted by Crippen LogP contribution is 2.36. The highest BCUT2D eigenvalue weighted by atomic mass is 32.2. The standard InChI is InChI=1S/C24H36N2O3S.C5H11NO.C2H6.C2H2/c1-24(2,23(28)29)15-21(27)25-22(14-18-8-4-3-5-9-18)30-17-26-13-12-19-10-6-7-11-20(19)16-26;1-5(2,3)6-4-7;2*1-2/h3-5,8-9,19-20,22H,6-7,10-17H2,1-2H3,(H,25,27)(H,28,29);4H,1-3H3,(H,6,7);1-2H3;1-2H/t19-,20+,22+;;;/m0.../s1. The SMILES string of the molecule is C#C.CC.CC(C)(C)NC=O.CC(C)(CC(=O)N[C@@H](Cc1ccccc1)SCN1CC[C@@H]2CCCC[C@@H]2C1)C(=O)O. The van der Waals surface area contributed by atoms with E-state index in [1.54, 1.807) is 25.6 Å². The van der Waals surface area contributed by atoms with Crippen molar-refractivity contribution < 1.29 is 19.5 Å². The lowest BCUT2D eigenvalue weighted by molar-refractivity contribution is -0.149. The maximum absolute atomic E-state index is 12.6. The van der Waals surface area contributed by atoms with E-state index in [0.717, 1.165) is 30.7 Å². The Kier molecular flexibility index (Phi) is 19.1. The monoisotopic (exact) mass is 589 g/mol. The summed E-state index contributed by atoms with van der Waals surface area (Å²) in [6.45, 7) is 15.3. The molecule has 7 nitrogen and oxygen atoms in total. The molecule has 2 aliphatic rings. The second-order valence-electron chi connectivity index (χ2n) is 12.1. The third-order valence-corrected chi connectivity index (χ3v) is 8.29. The first kappa shape index (κ1) is 38.5. The molecule has 41 heavy (non-hydrogen) atoms. The highest BCUT2D eigenvalue weighted by molar-refractivity contribution is 7.99. The number of hydrogen-bond donors (Lipinski definition) is 3. The van der Waals surface area contributed by atoms with Gasteiger partial charge in [-0.05, 0) is 71.4 Å². The van der Waals surface area contributed by atoms with E-state index in [2.05, 4.69) is 40.5 Å². The second-order valence-corrected chi connectivity index (χ2v) is 13.3. The number of amides is 2. The van der Waals surface area contributed by atoms with Crippen LogP contribution in [0.5, 0.6) is 0 Å². The van der Waals surface area contributed by atoms with Crippen molar-refractivity contribution in [2.24, 2.45) is 17.3 Å². The summed E-state index contributed by atoms with van der Waals surface area (Å²) in [4.78, 5) is 36.2. The number of carboxylic acid groups (broad SMARTS) is 1. The van der Waals surface area contributed by atoms with E-state index in [-0.39, 0.29) is 23.2 Å². The number of benzene rings is 1. The van der Waals surface area contributed by atoms with Crippen LogP contribution in [0.1, 0.15) is 92.6 Å². The summed E-state index contributed by atoms with van der Waals surface area (Å²) >= 11 is 1.77. The number of fused-ring (bicyclic) bond motifs is 1. The van der Waals surface area contributed by atoms with Crippen LogP contribution in [-0.2, 0) is 20.8 Å². The Morgan fingerprint density at radius 2 is 1.63 bits per heavy atom. The van der Waals surface area contributed by atoms with Crippen molar-refractivity contribution in [1.29, 1.82) is 0 Å². The fourth-order valence-corrected chi connectivity index (χ4v) is 6.00. The number of carbonyl (C=O) groups is 3. The molecule has 1 aromatic rings. The number of aliphatic carboxylic acids is 1. The molecular weight excluding hydrogens is 534 g/mol. The Balaban J connectivity index is 0.00000125. The molecule has 1 aromatic carbocycles. The number of thioether (sulfide) groups is 1. The van der Waals surface area contributed by atoms with Crippen molar-refractivity contribution in [3.8, 4) is 12.8 Å². The number of piperidine rings is 1. The van der Waals surface area contributed by atoms with Gasteiger partial charge in [-0.1, -0.05) is 63.4 Å². The molecule has 0 spiro atoms. The number of likely N-dealkylation sites (tertiary alicyclic amines) is 1. The summed E-state index contributed by atoms with van der Waals surface area (Å²) in [7, 11) is 0. The molecule has 0 bridgehead atoms. The fraction of sp³-hybridized carbons (Fsp3) is 0.667. The van der Waals surface area contributed by atoms with Crippen LogP contribution in [-0.4, -0.2) is 58.2 Å². The molecule has 2 amide bonds. The zero-order chi connectivity index (χ0) is 31.5. The van der Waals surface area contributed by atoms with E-state index >= 15 is 0 Å². The molecule has 3 atom stereocenters. The Morgan fingerprint density at radius 3 is 2.15 bits per heavy atom. The Morgan fingerprint density at radius 1 is 1.05 bits per heavy atom. The summed E-state index contributed by atoms with van der Waals surface area (Å²) in [5.74, 6) is 1.52. The topological polar surface area (TPSA) is 98.7 Å². The van der Waals surface area contributed by atoms with Gasteiger partial charge in [-0.2, -0.15) is 0 Å². The molecule has 232 valence electrons. The van der Waals surface area contributed by atoms with Crippen molar-refractivity contribution in [3.63, 3.8) is 0 Å². The molecule has 1 heterocycles. The zero-order valence-corrected chi connectivity index (χ0v) is 27.3. The van der Waals surface area contributed by atoms with Crippen LogP contribution >= 0.6 is 11.8 Å². The molecule has 0 aromatic heterocycles. The Labute approximate surface area is 254 Å². The van der Waals surface area contributed by atoms with Crippen LogP contribution < -0.4 is 10.6 Å². The second kappa shape index (κ2) is 20.4. The predicted molar refractivity (Wildman–Crippen MR) is 172 cm³/mol. The van der Waals surface area contributed by atoms with Crippen LogP contribution in [0.2, 0.25) is 0 Å². The van der Waals surface area contributed by atoms with Crippen LogP contribution in [0.15, 0.2) is 30.3 Å². The van der Waals surface area contributed by atoms with Gasteiger partial charge in [0.2, 0.25) is 12.3 Å². The molecule has 8 heteroatoms. The smallest absolute Gasteiger partial charge is 0.309 e. The number of carbonyl (C=O) groups excluding carboxylic acids is 2. The number of hydrogen-bond acceptors (Lipinski definition) is 5.